The first-order valence-electron chi connectivity index (χ1n) is 20.8. The van der Waals surface area contributed by atoms with E-state index in [0.29, 0.717) is 0 Å². The van der Waals surface area contributed by atoms with Crippen molar-refractivity contribution >= 4 is 71.6 Å². The van der Waals surface area contributed by atoms with Crippen LogP contribution in [0.15, 0.2) is 235 Å². The minimum absolute atomic E-state index is 0.891. The number of aromatic nitrogens is 1. The lowest BCUT2D eigenvalue weighted by atomic mass is 9.98. The van der Waals surface area contributed by atoms with Crippen LogP contribution in [0, 0.1) is 0 Å². The number of para-hydroxylation sites is 4. The van der Waals surface area contributed by atoms with Gasteiger partial charge in [-0.3, -0.25) is 0 Å². The molecule has 0 aliphatic heterocycles. The topological polar surface area (TPSA) is 21.3 Å². The lowest BCUT2D eigenvalue weighted by molar-refractivity contribution is 0.669. The smallest absolute Gasteiger partial charge is 0.136 e. The van der Waals surface area contributed by atoms with Gasteiger partial charge in [-0.15, -0.1) is 0 Å². The highest BCUT2D eigenvalue weighted by molar-refractivity contribution is 6.13. The standard InChI is InChI=1S/C58H38N2O/c1-2-14-42-37-43(28-27-39(42)13-1)40-29-33-45(34-30-40)59(47-16-11-15-44(38-47)49-21-12-26-57-58(49)52-20-6-10-25-56(52)61-57)46-35-31-41(32-36-46)48-17-3-7-22-53(48)60-54-23-8-4-18-50(54)51-19-5-9-24-55(51)60/h1-38H. The van der Waals surface area contributed by atoms with E-state index in [1.54, 1.807) is 0 Å². The van der Waals surface area contributed by atoms with E-state index in [1.807, 2.05) is 12.1 Å². The van der Waals surface area contributed by atoms with Crippen LogP contribution in [0.4, 0.5) is 17.1 Å². The zero-order chi connectivity index (χ0) is 40.3. The van der Waals surface area contributed by atoms with Crippen molar-refractivity contribution in [1.82, 2.24) is 4.57 Å². The van der Waals surface area contributed by atoms with Crippen molar-refractivity contribution in [3.05, 3.63) is 231 Å². The van der Waals surface area contributed by atoms with Gasteiger partial charge in [0.1, 0.15) is 11.2 Å². The predicted octanol–water partition coefficient (Wildman–Crippen LogP) is 16.3. The fourth-order valence-electron chi connectivity index (χ4n) is 9.33. The van der Waals surface area contributed by atoms with Crippen LogP contribution in [0.3, 0.4) is 0 Å². The van der Waals surface area contributed by atoms with Crippen molar-refractivity contribution in [2.75, 3.05) is 4.90 Å². The third-order valence-electron chi connectivity index (χ3n) is 12.2. The van der Waals surface area contributed by atoms with E-state index in [1.165, 1.54) is 49.3 Å². The van der Waals surface area contributed by atoms with Crippen LogP contribution in [-0.4, -0.2) is 4.57 Å². The predicted molar refractivity (Wildman–Crippen MR) is 257 cm³/mol. The van der Waals surface area contributed by atoms with Crippen molar-refractivity contribution in [3.8, 4) is 39.1 Å². The van der Waals surface area contributed by atoms with E-state index >= 15 is 0 Å². The number of hydrogen-bond acceptors (Lipinski definition) is 2. The Morgan fingerprint density at radius 3 is 1.67 bits per heavy atom. The summed E-state index contributed by atoms with van der Waals surface area (Å²) < 4.78 is 8.72. The fraction of sp³-hybridized carbons (Fsp3) is 0. The fourth-order valence-corrected chi connectivity index (χ4v) is 9.33. The molecule has 2 aromatic heterocycles. The number of nitrogens with zero attached hydrogens (tertiary/aromatic N) is 2. The first-order valence-corrected chi connectivity index (χ1v) is 20.8. The zero-order valence-electron chi connectivity index (χ0n) is 33.2. The Morgan fingerprint density at radius 2 is 0.902 bits per heavy atom. The second-order valence-corrected chi connectivity index (χ2v) is 15.7. The molecule has 0 aliphatic carbocycles. The maximum atomic E-state index is 6.31. The molecule has 12 aromatic rings. The molecule has 61 heavy (non-hydrogen) atoms. The molecule has 0 amide bonds. The molecule has 3 nitrogen and oxygen atoms in total. The van der Waals surface area contributed by atoms with Gasteiger partial charge in [0, 0.05) is 44.2 Å². The molecular formula is C58H38N2O. The van der Waals surface area contributed by atoms with Gasteiger partial charge in [0.15, 0.2) is 0 Å². The van der Waals surface area contributed by atoms with Gasteiger partial charge in [0.2, 0.25) is 0 Å². The molecule has 0 aliphatic rings. The minimum atomic E-state index is 0.891. The van der Waals surface area contributed by atoms with Gasteiger partial charge in [-0.1, -0.05) is 158 Å². The quantitative estimate of drug-likeness (QED) is 0.161. The number of anilines is 3. The number of furan rings is 1. The maximum Gasteiger partial charge on any atom is 0.136 e. The molecule has 0 bridgehead atoms. The SMILES string of the molecule is c1cc(-c2cccc3oc4ccccc4c23)cc(N(c2ccc(-c3ccc4ccccc4c3)cc2)c2ccc(-c3ccccc3-n3c4ccccc4c4ccccc43)cc2)c1. The molecule has 0 atom stereocenters. The number of fused-ring (bicyclic) bond motifs is 7. The van der Waals surface area contributed by atoms with Crippen LogP contribution >= 0.6 is 0 Å². The van der Waals surface area contributed by atoms with Gasteiger partial charge >= 0.3 is 0 Å². The second kappa shape index (κ2) is 14.3. The van der Waals surface area contributed by atoms with Gasteiger partial charge in [-0.25, -0.2) is 0 Å². The minimum Gasteiger partial charge on any atom is -0.456 e. The van der Waals surface area contributed by atoms with E-state index < -0.39 is 0 Å². The highest BCUT2D eigenvalue weighted by Gasteiger charge is 2.19. The van der Waals surface area contributed by atoms with Crippen molar-refractivity contribution < 1.29 is 4.42 Å². The van der Waals surface area contributed by atoms with E-state index in [-0.39, 0.29) is 0 Å². The third kappa shape index (κ3) is 5.90. The summed E-state index contributed by atoms with van der Waals surface area (Å²) in [5.41, 5.74) is 15.5. The zero-order valence-corrected chi connectivity index (χ0v) is 33.2. The largest absolute Gasteiger partial charge is 0.456 e. The summed E-state index contributed by atoms with van der Waals surface area (Å²) in [5.74, 6) is 0. The molecule has 0 unspecified atom stereocenters. The molecule has 0 spiro atoms. The van der Waals surface area contributed by atoms with Crippen LogP contribution < -0.4 is 4.90 Å². The Balaban J connectivity index is 0.983. The molecule has 2 heterocycles. The molecule has 3 heteroatoms. The Morgan fingerprint density at radius 1 is 0.328 bits per heavy atom. The molecule has 12 rings (SSSR count). The van der Waals surface area contributed by atoms with E-state index in [0.717, 1.165) is 61.4 Å². The average molecular weight is 779 g/mol. The summed E-state index contributed by atoms with van der Waals surface area (Å²) in [6.07, 6.45) is 0. The van der Waals surface area contributed by atoms with Crippen molar-refractivity contribution in [2.45, 2.75) is 0 Å². The third-order valence-corrected chi connectivity index (χ3v) is 12.2. The Labute approximate surface area is 353 Å². The Hall–Kier alpha value is -8.14. The summed E-state index contributed by atoms with van der Waals surface area (Å²) in [4.78, 5) is 2.37. The van der Waals surface area contributed by atoms with E-state index in [9.17, 15) is 0 Å². The van der Waals surface area contributed by atoms with Gasteiger partial charge in [-0.2, -0.15) is 0 Å². The summed E-state index contributed by atoms with van der Waals surface area (Å²) in [6, 6.07) is 83.0. The number of benzene rings is 10. The van der Waals surface area contributed by atoms with Crippen LogP contribution in [0.2, 0.25) is 0 Å². The number of rotatable bonds is 7. The van der Waals surface area contributed by atoms with Crippen LogP contribution in [-0.2, 0) is 0 Å². The molecular weight excluding hydrogens is 741 g/mol. The first-order chi connectivity index (χ1) is 30.2. The monoisotopic (exact) mass is 778 g/mol. The lowest BCUT2D eigenvalue weighted by Crippen LogP contribution is -2.10. The van der Waals surface area contributed by atoms with E-state index in [2.05, 4.69) is 228 Å². The Bertz CT molecular complexity index is 3540. The van der Waals surface area contributed by atoms with Crippen molar-refractivity contribution in [2.24, 2.45) is 0 Å². The molecule has 10 aromatic carbocycles. The molecule has 0 saturated carbocycles. The molecule has 0 N–H and O–H groups in total. The van der Waals surface area contributed by atoms with Crippen molar-refractivity contribution in [3.63, 3.8) is 0 Å². The molecule has 0 saturated heterocycles. The molecule has 0 radical (unpaired) electrons. The first kappa shape index (κ1) is 34.9. The number of hydrogen-bond donors (Lipinski definition) is 0. The average Bonchev–Trinajstić information content (AvgIpc) is 3.88. The maximum absolute atomic E-state index is 6.31. The molecule has 0 fully saturated rings. The lowest BCUT2D eigenvalue weighted by Gasteiger charge is -2.26. The van der Waals surface area contributed by atoms with Gasteiger partial charge in [0.05, 0.1) is 16.7 Å². The highest BCUT2D eigenvalue weighted by Crippen LogP contribution is 2.42. The second-order valence-electron chi connectivity index (χ2n) is 15.7. The summed E-state index contributed by atoms with van der Waals surface area (Å²) in [7, 11) is 0. The van der Waals surface area contributed by atoms with Crippen molar-refractivity contribution in [1.29, 1.82) is 0 Å². The van der Waals surface area contributed by atoms with Crippen LogP contribution in [0.25, 0.3) is 93.6 Å². The highest BCUT2D eigenvalue weighted by atomic mass is 16.3. The molecule has 286 valence electrons. The summed E-state index contributed by atoms with van der Waals surface area (Å²) in [6.45, 7) is 0. The van der Waals surface area contributed by atoms with Crippen LogP contribution in [0.1, 0.15) is 0 Å². The van der Waals surface area contributed by atoms with Gasteiger partial charge in [0.25, 0.3) is 0 Å². The summed E-state index contributed by atoms with van der Waals surface area (Å²) >= 11 is 0. The normalized spacial score (nSPS) is 11.6. The Kier molecular flexibility index (Phi) is 8.17. The van der Waals surface area contributed by atoms with Gasteiger partial charge in [-0.05, 0) is 111 Å². The summed E-state index contributed by atoms with van der Waals surface area (Å²) in [5, 5.41) is 7.25. The van der Waals surface area contributed by atoms with E-state index in [4.69, 9.17) is 4.42 Å². The van der Waals surface area contributed by atoms with Gasteiger partial charge < -0.3 is 13.9 Å². The van der Waals surface area contributed by atoms with Crippen LogP contribution in [0.5, 0.6) is 0 Å².